The molecule has 0 heterocycles. The highest BCUT2D eigenvalue weighted by Gasteiger charge is 2.12. The van der Waals surface area contributed by atoms with Gasteiger partial charge in [0.25, 0.3) is 0 Å². The summed E-state index contributed by atoms with van der Waals surface area (Å²) in [5, 5.41) is 4.61. The summed E-state index contributed by atoms with van der Waals surface area (Å²) >= 11 is 0. The van der Waals surface area contributed by atoms with Gasteiger partial charge in [-0.3, -0.25) is 0 Å². The van der Waals surface area contributed by atoms with Crippen LogP contribution in [0.2, 0.25) is 0 Å². The number of rotatable bonds is 2. The molecule has 5 rings (SSSR count). The Morgan fingerprint density at radius 3 is 1.33 bits per heavy atom. The zero-order chi connectivity index (χ0) is 18.2. The van der Waals surface area contributed by atoms with E-state index in [9.17, 15) is 0 Å². The number of benzene rings is 5. The normalized spacial score (nSPS) is 11.1. The first-order valence-electron chi connectivity index (χ1n) is 9.18. The van der Waals surface area contributed by atoms with Crippen LogP contribution in [-0.4, -0.2) is 7.85 Å². The maximum atomic E-state index is 6.50. The fourth-order valence-electron chi connectivity index (χ4n) is 3.93. The van der Waals surface area contributed by atoms with Crippen LogP contribution in [0.4, 0.5) is 0 Å². The summed E-state index contributed by atoms with van der Waals surface area (Å²) in [6, 6.07) is 36.1. The molecule has 124 valence electrons. The van der Waals surface area contributed by atoms with Gasteiger partial charge in [-0.05, 0) is 43.8 Å². The van der Waals surface area contributed by atoms with E-state index in [4.69, 9.17) is 7.85 Å². The van der Waals surface area contributed by atoms with Gasteiger partial charge in [0.05, 0.1) is 0 Å². The minimum Gasteiger partial charge on any atom is -0.0812 e. The third-order valence-corrected chi connectivity index (χ3v) is 5.25. The maximum absolute atomic E-state index is 6.50. The van der Waals surface area contributed by atoms with Gasteiger partial charge in [0.1, 0.15) is 7.85 Å². The van der Waals surface area contributed by atoms with E-state index < -0.39 is 0 Å². The Hall–Kier alpha value is -3.32. The standard InChI is InChI=1S/C26H17B/c27-26-23-12-6-4-10-21(23)25(22-11-5-7-13-24(22)26)20-16-14-19(15-17-20)18-8-2-1-3-9-18/h1-17H. The quantitative estimate of drug-likeness (QED) is 0.268. The van der Waals surface area contributed by atoms with Crippen molar-refractivity contribution in [1.82, 2.24) is 0 Å². The van der Waals surface area contributed by atoms with E-state index >= 15 is 0 Å². The van der Waals surface area contributed by atoms with E-state index in [1.807, 2.05) is 6.07 Å². The molecule has 0 aromatic heterocycles. The molecule has 0 aliphatic rings. The highest BCUT2D eigenvalue weighted by Crippen LogP contribution is 2.35. The molecule has 0 saturated heterocycles. The third kappa shape index (κ3) is 2.64. The van der Waals surface area contributed by atoms with Crippen LogP contribution >= 0.6 is 0 Å². The first-order chi connectivity index (χ1) is 13.3. The molecule has 0 nitrogen and oxygen atoms in total. The fraction of sp³-hybridized carbons (Fsp3) is 0. The summed E-state index contributed by atoms with van der Waals surface area (Å²) in [5.41, 5.74) is 5.77. The zero-order valence-electron chi connectivity index (χ0n) is 14.9. The lowest BCUT2D eigenvalue weighted by atomic mass is 9.81. The summed E-state index contributed by atoms with van der Waals surface area (Å²) in [7, 11) is 6.50. The van der Waals surface area contributed by atoms with E-state index in [0.717, 1.165) is 16.2 Å². The monoisotopic (exact) mass is 340 g/mol. The van der Waals surface area contributed by atoms with Crippen molar-refractivity contribution in [3.05, 3.63) is 103 Å². The number of hydrogen-bond donors (Lipinski definition) is 0. The molecule has 5 aromatic rings. The van der Waals surface area contributed by atoms with Crippen LogP contribution in [0.1, 0.15) is 0 Å². The number of fused-ring (bicyclic) bond motifs is 2. The molecule has 1 heteroatoms. The summed E-state index contributed by atoms with van der Waals surface area (Å²) < 4.78 is 0. The highest BCUT2D eigenvalue weighted by atomic mass is 14.1. The maximum Gasteiger partial charge on any atom is 0.115 e. The zero-order valence-corrected chi connectivity index (χ0v) is 14.9. The Balaban J connectivity index is 1.78. The van der Waals surface area contributed by atoms with Crippen molar-refractivity contribution in [2.24, 2.45) is 0 Å². The highest BCUT2D eigenvalue weighted by molar-refractivity contribution is 6.46. The Bertz CT molecular complexity index is 1200. The molecule has 2 radical (unpaired) electrons. The lowest BCUT2D eigenvalue weighted by Crippen LogP contribution is -2.07. The molecular formula is C26H17B. The first-order valence-corrected chi connectivity index (χ1v) is 9.18. The second-order valence-corrected chi connectivity index (χ2v) is 6.82. The Labute approximate surface area is 160 Å². The predicted molar refractivity (Wildman–Crippen MR) is 118 cm³/mol. The molecule has 0 aliphatic carbocycles. The van der Waals surface area contributed by atoms with Crippen LogP contribution in [-0.2, 0) is 0 Å². The lowest BCUT2D eigenvalue weighted by molar-refractivity contribution is 1.61. The van der Waals surface area contributed by atoms with Crippen molar-refractivity contribution in [3.8, 4) is 22.3 Å². The van der Waals surface area contributed by atoms with Gasteiger partial charge < -0.3 is 0 Å². The van der Waals surface area contributed by atoms with Gasteiger partial charge >= 0.3 is 0 Å². The van der Waals surface area contributed by atoms with E-state index in [1.54, 1.807) is 0 Å². The molecule has 0 saturated carbocycles. The summed E-state index contributed by atoms with van der Waals surface area (Å²) in [6.07, 6.45) is 0. The van der Waals surface area contributed by atoms with E-state index in [-0.39, 0.29) is 0 Å². The Morgan fingerprint density at radius 2 is 0.778 bits per heavy atom. The van der Waals surface area contributed by atoms with Crippen LogP contribution in [0.5, 0.6) is 0 Å². The largest absolute Gasteiger partial charge is 0.115 e. The van der Waals surface area contributed by atoms with Crippen molar-refractivity contribution in [2.75, 3.05) is 0 Å². The average Bonchev–Trinajstić information content (AvgIpc) is 2.75. The molecule has 0 spiro atoms. The first kappa shape index (κ1) is 15.9. The van der Waals surface area contributed by atoms with Crippen molar-refractivity contribution < 1.29 is 0 Å². The van der Waals surface area contributed by atoms with Gasteiger partial charge in [-0.15, -0.1) is 0 Å². The second-order valence-electron chi connectivity index (χ2n) is 6.82. The molecule has 0 N–H and O–H groups in total. The van der Waals surface area contributed by atoms with Crippen LogP contribution in [0.25, 0.3) is 43.8 Å². The fourth-order valence-corrected chi connectivity index (χ4v) is 3.93. The van der Waals surface area contributed by atoms with Gasteiger partial charge in [-0.2, -0.15) is 0 Å². The summed E-state index contributed by atoms with van der Waals surface area (Å²) in [6.45, 7) is 0. The van der Waals surface area contributed by atoms with Crippen molar-refractivity contribution in [3.63, 3.8) is 0 Å². The Morgan fingerprint density at radius 1 is 0.370 bits per heavy atom. The Kier molecular flexibility index (Phi) is 3.80. The third-order valence-electron chi connectivity index (χ3n) is 5.25. The molecule has 0 amide bonds. The van der Waals surface area contributed by atoms with Gasteiger partial charge in [0, 0.05) is 0 Å². The smallest absolute Gasteiger partial charge is 0.0812 e. The van der Waals surface area contributed by atoms with Crippen molar-refractivity contribution in [2.45, 2.75) is 0 Å². The minimum absolute atomic E-state index is 0.853. The van der Waals surface area contributed by atoms with Crippen LogP contribution in [0.3, 0.4) is 0 Å². The minimum atomic E-state index is 0.853. The van der Waals surface area contributed by atoms with Crippen molar-refractivity contribution >= 4 is 34.9 Å². The molecule has 0 aliphatic heterocycles. The second kappa shape index (κ2) is 6.44. The molecule has 27 heavy (non-hydrogen) atoms. The van der Waals surface area contributed by atoms with Crippen LogP contribution < -0.4 is 5.46 Å². The van der Waals surface area contributed by atoms with Gasteiger partial charge in [-0.25, -0.2) is 0 Å². The lowest BCUT2D eigenvalue weighted by Gasteiger charge is -2.15. The van der Waals surface area contributed by atoms with E-state index in [0.29, 0.717) is 0 Å². The number of hydrogen-bond acceptors (Lipinski definition) is 0. The van der Waals surface area contributed by atoms with Crippen LogP contribution in [0.15, 0.2) is 103 Å². The molecular weight excluding hydrogens is 323 g/mol. The van der Waals surface area contributed by atoms with Gasteiger partial charge in [-0.1, -0.05) is 109 Å². The van der Waals surface area contributed by atoms with E-state index in [1.165, 1.54) is 33.0 Å². The van der Waals surface area contributed by atoms with Crippen molar-refractivity contribution in [1.29, 1.82) is 0 Å². The van der Waals surface area contributed by atoms with E-state index in [2.05, 4.69) is 97.1 Å². The summed E-state index contributed by atoms with van der Waals surface area (Å²) in [4.78, 5) is 0. The molecule has 0 fully saturated rings. The van der Waals surface area contributed by atoms with Gasteiger partial charge in [0.2, 0.25) is 0 Å². The SMILES string of the molecule is [B]c1c2ccccc2c(-c2ccc(-c3ccccc3)cc2)c2ccccc12. The molecule has 0 bridgehead atoms. The predicted octanol–water partition coefficient (Wildman–Crippen LogP) is 6.12. The van der Waals surface area contributed by atoms with Crippen LogP contribution in [0, 0.1) is 0 Å². The topological polar surface area (TPSA) is 0 Å². The van der Waals surface area contributed by atoms with Gasteiger partial charge in [0.15, 0.2) is 0 Å². The molecule has 0 unspecified atom stereocenters. The summed E-state index contributed by atoms with van der Waals surface area (Å²) in [5.74, 6) is 0. The average molecular weight is 340 g/mol. The molecule has 5 aromatic carbocycles. The molecule has 0 atom stereocenters.